The van der Waals surface area contributed by atoms with Gasteiger partial charge in [0.05, 0.1) is 32.0 Å². The van der Waals surface area contributed by atoms with Crippen LogP contribution in [0.3, 0.4) is 0 Å². The Morgan fingerprint density at radius 3 is 1.49 bits per heavy atom. The summed E-state index contributed by atoms with van der Waals surface area (Å²) in [6, 6.07) is -0.977. The lowest BCUT2D eigenvalue weighted by Gasteiger charge is -2.46. The molecule has 0 aromatic carbocycles. The second-order valence-corrected chi connectivity index (χ2v) is 19.0. The third kappa shape index (κ3) is 30.2. The number of hydrogen-bond acceptors (Lipinski definition) is 13. The van der Waals surface area contributed by atoms with Gasteiger partial charge < -0.3 is 65.1 Å². The monoisotopic (exact) mass is 1040 g/mol. The number of nitrogens with one attached hydrogen (secondary N) is 1. The summed E-state index contributed by atoms with van der Waals surface area (Å²) in [6.07, 6.45) is 46.6. The van der Waals surface area contributed by atoms with E-state index >= 15 is 0 Å². The molecule has 74 heavy (non-hydrogen) atoms. The zero-order chi connectivity index (χ0) is 53.9. The fourth-order valence-corrected chi connectivity index (χ4v) is 8.13. The van der Waals surface area contributed by atoms with Crippen molar-refractivity contribution >= 4 is 5.91 Å². The Bertz CT molecular complexity index is 1700. The van der Waals surface area contributed by atoms with E-state index in [1.54, 1.807) is 6.08 Å². The number of amides is 1. The van der Waals surface area contributed by atoms with Gasteiger partial charge in [-0.3, -0.25) is 4.79 Å². The lowest BCUT2D eigenvalue weighted by atomic mass is 9.97. The number of hydrogen-bond donors (Lipinski definition) is 9. The summed E-state index contributed by atoms with van der Waals surface area (Å²) < 4.78 is 22.7. The molecule has 12 atom stereocenters. The molecular formula is C60H97NO13. The molecule has 14 nitrogen and oxygen atoms in total. The van der Waals surface area contributed by atoms with Crippen LogP contribution in [0.15, 0.2) is 122 Å². The van der Waals surface area contributed by atoms with Crippen molar-refractivity contribution in [3.63, 3.8) is 0 Å². The smallest absolute Gasteiger partial charge is 0.220 e. The molecule has 0 aromatic heterocycles. The molecule has 2 saturated heterocycles. The predicted octanol–water partition coefficient (Wildman–Crippen LogP) is 8.66. The van der Waals surface area contributed by atoms with Crippen LogP contribution in [0.5, 0.6) is 0 Å². The van der Waals surface area contributed by atoms with Crippen LogP contribution in [-0.4, -0.2) is 140 Å². The Kier molecular flexibility index (Phi) is 40.0. The molecule has 9 N–H and O–H groups in total. The summed E-state index contributed by atoms with van der Waals surface area (Å²) >= 11 is 0. The van der Waals surface area contributed by atoms with E-state index < -0.39 is 86.8 Å². The Morgan fingerprint density at radius 2 is 0.946 bits per heavy atom. The number of unbranched alkanes of at least 4 members (excludes halogenated alkanes) is 10. The van der Waals surface area contributed by atoms with Crippen molar-refractivity contribution in [2.45, 2.75) is 229 Å². The number of aliphatic hydroxyl groups excluding tert-OH is 8. The fraction of sp³-hybridized carbons (Fsp3) is 0.650. The molecule has 14 heteroatoms. The number of carbonyl (C=O) groups is 1. The second-order valence-electron chi connectivity index (χ2n) is 19.0. The lowest BCUT2D eigenvalue weighted by Crippen LogP contribution is -2.65. The summed E-state index contributed by atoms with van der Waals surface area (Å²) in [5.74, 6) is -0.317. The molecule has 0 saturated carbocycles. The summed E-state index contributed by atoms with van der Waals surface area (Å²) in [5, 5.41) is 86.9. The Hall–Kier alpha value is -3.61. The van der Waals surface area contributed by atoms with Gasteiger partial charge in [-0.15, -0.1) is 0 Å². The Balaban J connectivity index is 1.86. The van der Waals surface area contributed by atoms with E-state index in [2.05, 4.69) is 122 Å². The van der Waals surface area contributed by atoms with E-state index in [9.17, 15) is 45.6 Å². The van der Waals surface area contributed by atoms with Gasteiger partial charge >= 0.3 is 0 Å². The van der Waals surface area contributed by atoms with Crippen molar-refractivity contribution in [2.24, 2.45) is 0 Å². The molecule has 0 bridgehead atoms. The largest absolute Gasteiger partial charge is 0.394 e. The van der Waals surface area contributed by atoms with Gasteiger partial charge in [0.15, 0.2) is 12.6 Å². The topological polar surface area (TPSA) is 228 Å². The highest BCUT2D eigenvalue weighted by molar-refractivity contribution is 5.76. The number of ether oxygens (including phenoxy) is 4. The average Bonchev–Trinajstić information content (AvgIpc) is 3.40. The molecule has 0 aromatic rings. The summed E-state index contributed by atoms with van der Waals surface area (Å²) in [7, 11) is 0. The van der Waals surface area contributed by atoms with Crippen LogP contribution in [0.2, 0.25) is 0 Å². The summed E-state index contributed by atoms with van der Waals surface area (Å²) in [4.78, 5) is 13.2. The SMILES string of the molecule is CC/C=C\C/C=C\C/C=C\C/C=C\C/C=C\C/C=C\C/C=C\CCCC(=O)NC(COC1OC(CO)C(OC2OC(CO)C(O)C(O)C2O)C(O)C1O)C(O)/C=C/CC/C=C/CC/C=C/CCCCCCCCC. The first kappa shape index (κ1) is 66.5. The molecule has 0 radical (unpaired) electrons. The number of carbonyl (C=O) groups excluding carboxylic acids is 1. The zero-order valence-corrected chi connectivity index (χ0v) is 44.8. The highest BCUT2D eigenvalue weighted by Gasteiger charge is 2.51. The highest BCUT2D eigenvalue weighted by Crippen LogP contribution is 2.30. The Labute approximate surface area is 444 Å². The van der Waals surface area contributed by atoms with Crippen molar-refractivity contribution in [1.29, 1.82) is 0 Å². The second kappa shape index (κ2) is 44.5. The predicted molar refractivity (Wildman–Crippen MR) is 295 cm³/mol. The molecule has 1 amide bonds. The molecule has 2 aliphatic heterocycles. The number of aliphatic hydroxyl groups is 8. The first-order chi connectivity index (χ1) is 36.1. The van der Waals surface area contributed by atoms with Crippen LogP contribution >= 0.6 is 0 Å². The first-order valence-electron chi connectivity index (χ1n) is 27.8. The molecule has 2 heterocycles. The van der Waals surface area contributed by atoms with Gasteiger partial charge in [0.25, 0.3) is 0 Å². The van der Waals surface area contributed by atoms with Crippen molar-refractivity contribution < 1.29 is 64.6 Å². The van der Waals surface area contributed by atoms with E-state index in [0.29, 0.717) is 19.3 Å². The van der Waals surface area contributed by atoms with Crippen molar-refractivity contribution in [3.8, 4) is 0 Å². The quantitative estimate of drug-likeness (QED) is 0.0207. The standard InChI is InChI=1S/C60H97NO13/c1-3-5-7-9-11-13-15-17-19-21-22-23-24-25-26-28-30-32-34-36-38-40-42-44-52(65)61-48(49(64)43-41-39-37-35-33-31-29-27-20-18-16-14-12-10-8-6-4-2)47-71-59-57(70)55(68)58(51(46-63)73-59)74-60-56(69)54(67)53(66)50(45-62)72-60/h5,7,11,13,17,19-20,22-23,25-27,30,32-33,35-36,38,41,43,48-51,53-60,62-64,66-70H,3-4,6,8-10,12,14-16,18,21,24,28-29,31,34,37,39-40,42,44-47H2,1-2H3,(H,61,65)/b7-5-,13-11-,19-17-,23-22-,26-25-,27-20+,32-30-,35-33+,38-36-,43-41+. The average molecular weight is 1040 g/mol. The van der Waals surface area contributed by atoms with Crippen LogP contribution in [0.25, 0.3) is 0 Å². The molecule has 0 spiro atoms. The fourth-order valence-electron chi connectivity index (χ4n) is 8.13. The van der Waals surface area contributed by atoms with Crippen LogP contribution < -0.4 is 5.32 Å². The molecule has 420 valence electrons. The molecule has 2 fully saturated rings. The normalized spacial score (nSPS) is 26.2. The van der Waals surface area contributed by atoms with Crippen molar-refractivity contribution in [1.82, 2.24) is 5.32 Å². The number of rotatable bonds is 41. The van der Waals surface area contributed by atoms with Gasteiger partial charge in [-0.1, -0.05) is 174 Å². The maximum atomic E-state index is 13.2. The molecular weight excluding hydrogens is 943 g/mol. The van der Waals surface area contributed by atoms with Gasteiger partial charge in [-0.2, -0.15) is 0 Å². The minimum absolute atomic E-state index is 0.182. The molecule has 0 aliphatic carbocycles. The lowest BCUT2D eigenvalue weighted by molar-refractivity contribution is -0.359. The highest BCUT2D eigenvalue weighted by atomic mass is 16.7. The summed E-state index contributed by atoms with van der Waals surface area (Å²) in [6.45, 7) is 2.58. The van der Waals surface area contributed by atoms with E-state index in [1.807, 2.05) is 12.2 Å². The van der Waals surface area contributed by atoms with Crippen LogP contribution in [0.4, 0.5) is 0 Å². The third-order valence-corrected chi connectivity index (χ3v) is 12.6. The molecule has 2 rings (SSSR count). The van der Waals surface area contributed by atoms with Crippen LogP contribution in [0, 0.1) is 0 Å². The number of allylic oxidation sites excluding steroid dienone is 19. The molecule has 2 aliphatic rings. The van der Waals surface area contributed by atoms with Crippen molar-refractivity contribution in [3.05, 3.63) is 122 Å². The zero-order valence-electron chi connectivity index (χ0n) is 44.8. The van der Waals surface area contributed by atoms with Crippen LogP contribution in [-0.2, 0) is 23.7 Å². The van der Waals surface area contributed by atoms with Crippen molar-refractivity contribution in [2.75, 3.05) is 19.8 Å². The van der Waals surface area contributed by atoms with E-state index in [1.165, 1.54) is 44.9 Å². The van der Waals surface area contributed by atoms with Gasteiger partial charge in [-0.25, -0.2) is 0 Å². The maximum absolute atomic E-state index is 13.2. The van der Waals surface area contributed by atoms with E-state index in [0.717, 1.165) is 70.6 Å². The van der Waals surface area contributed by atoms with E-state index in [-0.39, 0.29) is 18.9 Å². The van der Waals surface area contributed by atoms with E-state index in [4.69, 9.17) is 18.9 Å². The van der Waals surface area contributed by atoms with Gasteiger partial charge in [0, 0.05) is 6.42 Å². The third-order valence-electron chi connectivity index (χ3n) is 12.6. The maximum Gasteiger partial charge on any atom is 0.220 e. The van der Waals surface area contributed by atoms with Gasteiger partial charge in [0.2, 0.25) is 5.91 Å². The van der Waals surface area contributed by atoms with Crippen LogP contribution in [0.1, 0.15) is 155 Å². The first-order valence-corrected chi connectivity index (χ1v) is 27.8. The minimum Gasteiger partial charge on any atom is -0.394 e. The Morgan fingerprint density at radius 1 is 0.500 bits per heavy atom. The van der Waals surface area contributed by atoms with Gasteiger partial charge in [0.1, 0.15) is 48.8 Å². The summed E-state index contributed by atoms with van der Waals surface area (Å²) in [5.41, 5.74) is 0. The minimum atomic E-state index is -1.80. The molecule has 12 unspecified atom stereocenters. The van der Waals surface area contributed by atoms with Gasteiger partial charge in [-0.05, 0) is 96.3 Å².